The summed E-state index contributed by atoms with van der Waals surface area (Å²) >= 11 is 0. The number of nitriles is 1. The van der Waals surface area contributed by atoms with Crippen LogP contribution in [0, 0.1) is 18.3 Å². The summed E-state index contributed by atoms with van der Waals surface area (Å²) in [6, 6.07) is 5.89. The van der Waals surface area contributed by atoms with Crippen molar-refractivity contribution in [1.82, 2.24) is 15.0 Å². The molecule has 0 bridgehead atoms. The van der Waals surface area contributed by atoms with E-state index in [0.717, 1.165) is 5.69 Å². The molecule has 26 heavy (non-hydrogen) atoms. The van der Waals surface area contributed by atoms with Gasteiger partial charge in [0.2, 0.25) is 0 Å². The molecule has 0 saturated carbocycles. The third kappa shape index (κ3) is 3.45. The van der Waals surface area contributed by atoms with E-state index in [0.29, 0.717) is 43.6 Å². The van der Waals surface area contributed by atoms with E-state index < -0.39 is 0 Å². The van der Waals surface area contributed by atoms with Crippen LogP contribution in [0.2, 0.25) is 0 Å². The van der Waals surface area contributed by atoms with Gasteiger partial charge in [-0.15, -0.1) is 0 Å². The molecule has 2 aliphatic heterocycles. The van der Waals surface area contributed by atoms with Crippen LogP contribution >= 0.6 is 0 Å². The third-order valence-electron chi connectivity index (χ3n) is 4.48. The molecule has 0 N–H and O–H groups in total. The first kappa shape index (κ1) is 16.7. The SMILES string of the molecule is Cc1ccc(OC2CO[C@H]3CN(c4nccnc4C#N)C[C@@H]3OC2)cn1. The van der Waals surface area contributed by atoms with Crippen molar-refractivity contribution in [3.8, 4) is 11.8 Å². The molecule has 0 amide bonds. The molecule has 2 fully saturated rings. The van der Waals surface area contributed by atoms with Gasteiger partial charge in [-0.1, -0.05) is 0 Å². The van der Waals surface area contributed by atoms with Gasteiger partial charge in [0.05, 0.1) is 19.4 Å². The fourth-order valence-corrected chi connectivity index (χ4v) is 3.17. The molecule has 4 rings (SSSR count). The van der Waals surface area contributed by atoms with Crippen LogP contribution in [-0.2, 0) is 9.47 Å². The number of aryl methyl sites for hydroxylation is 1. The standard InChI is InChI=1S/C18H19N5O3/c1-12-2-3-13(7-22-12)26-14-10-24-16-8-23(9-17(16)25-11-14)18-15(6-19)20-4-5-21-18/h2-5,7,14,16-17H,8-11H2,1H3/t16-,17-/m0/s1. The number of aromatic nitrogens is 3. The molecule has 2 aromatic rings. The average molecular weight is 353 g/mol. The first-order valence-electron chi connectivity index (χ1n) is 8.51. The molecule has 134 valence electrons. The lowest BCUT2D eigenvalue weighted by Gasteiger charge is -2.20. The van der Waals surface area contributed by atoms with E-state index in [1.807, 2.05) is 24.0 Å². The monoisotopic (exact) mass is 353 g/mol. The molecule has 0 aromatic carbocycles. The van der Waals surface area contributed by atoms with Crippen LogP contribution in [0.25, 0.3) is 0 Å². The summed E-state index contributed by atoms with van der Waals surface area (Å²) in [5.74, 6) is 1.29. The number of rotatable bonds is 3. The van der Waals surface area contributed by atoms with E-state index in [4.69, 9.17) is 14.2 Å². The normalized spacial score (nSPS) is 23.2. The van der Waals surface area contributed by atoms with E-state index in [1.54, 1.807) is 12.4 Å². The smallest absolute Gasteiger partial charge is 0.183 e. The van der Waals surface area contributed by atoms with E-state index in [1.165, 1.54) is 6.20 Å². The Kier molecular flexibility index (Phi) is 4.65. The number of nitrogens with zero attached hydrogens (tertiary/aromatic N) is 5. The van der Waals surface area contributed by atoms with Crippen LogP contribution in [-0.4, -0.2) is 59.6 Å². The number of hydrogen-bond donors (Lipinski definition) is 0. The van der Waals surface area contributed by atoms with Gasteiger partial charge in [-0.05, 0) is 19.1 Å². The topological polar surface area (TPSA) is 93.4 Å². The van der Waals surface area contributed by atoms with Gasteiger partial charge in [0, 0.05) is 31.2 Å². The fraction of sp³-hybridized carbons (Fsp3) is 0.444. The van der Waals surface area contributed by atoms with Crippen LogP contribution in [0.5, 0.6) is 5.75 Å². The largest absolute Gasteiger partial charge is 0.484 e. The maximum absolute atomic E-state index is 9.21. The minimum atomic E-state index is -0.176. The molecular weight excluding hydrogens is 334 g/mol. The predicted octanol–water partition coefficient (Wildman–Crippen LogP) is 1.10. The van der Waals surface area contributed by atoms with Gasteiger partial charge in [-0.25, -0.2) is 9.97 Å². The summed E-state index contributed by atoms with van der Waals surface area (Å²) in [4.78, 5) is 14.6. The zero-order chi connectivity index (χ0) is 17.9. The lowest BCUT2D eigenvalue weighted by molar-refractivity contribution is -0.00461. The second-order valence-corrected chi connectivity index (χ2v) is 6.36. The first-order chi connectivity index (χ1) is 12.7. The van der Waals surface area contributed by atoms with Crippen molar-refractivity contribution in [2.45, 2.75) is 25.2 Å². The Morgan fingerprint density at radius 3 is 2.50 bits per heavy atom. The molecule has 0 aliphatic carbocycles. The molecule has 2 atom stereocenters. The molecule has 4 heterocycles. The Hall–Kier alpha value is -2.76. The third-order valence-corrected chi connectivity index (χ3v) is 4.48. The molecule has 0 radical (unpaired) electrons. The zero-order valence-electron chi connectivity index (χ0n) is 14.4. The lowest BCUT2D eigenvalue weighted by Crippen LogP contribution is -2.30. The van der Waals surface area contributed by atoms with Crippen molar-refractivity contribution >= 4 is 5.82 Å². The van der Waals surface area contributed by atoms with Crippen LogP contribution in [0.4, 0.5) is 5.82 Å². The van der Waals surface area contributed by atoms with Gasteiger partial charge in [0.25, 0.3) is 0 Å². The Balaban J connectivity index is 1.38. The lowest BCUT2D eigenvalue weighted by atomic mass is 10.3. The van der Waals surface area contributed by atoms with Crippen LogP contribution in [0.15, 0.2) is 30.7 Å². The quantitative estimate of drug-likeness (QED) is 0.810. The predicted molar refractivity (Wildman–Crippen MR) is 91.8 cm³/mol. The molecule has 2 saturated heterocycles. The van der Waals surface area contributed by atoms with Gasteiger partial charge in [-0.2, -0.15) is 5.26 Å². The van der Waals surface area contributed by atoms with Gasteiger partial charge < -0.3 is 19.1 Å². The summed E-state index contributed by atoms with van der Waals surface area (Å²) in [6.45, 7) is 4.03. The Morgan fingerprint density at radius 2 is 1.85 bits per heavy atom. The highest BCUT2D eigenvalue weighted by Crippen LogP contribution is 2.26. The first-order valence-corrected chi connectivity index (χ1v) is 8.51. The Morgan fingerprint density at radius 1 is 1.12 bits per heavy atom. The second kappa shape index (κ2) is 7.23. The molecule has 2 aromatic heterocycles. The highest BCUT2D eigenvalue weighted by molar-refractivity contribution is 5.50. The maximum atomic E-state index is 9.21. The Bertz CT molecular complexity index is 791. The number of hydrogen-bond acceptors (Lipinski definition) is 8. The molecule has 2 aliphatic rings. The van der Waals surface area contributed by atoms with Gasteiger partial charge in [0.1, 0.15) is 30.1 Å². The number of pyridine rings is 1. The van der Waals surface area contributed by atoms with Crippen LogP contribution in [0.3, 0.4) is 0 Å². The van der Waals surface area contributed by atoms with E-state index >= 15 is 0 Å². The molecular formula is C18H19N5O3. The van der Waals surface area contributed by atoms with Crippen molar-refractivity contribution < 1.29 is 14.2 Å². The van der Waals surface area contributed by atoms with Crippen LogP contribution in [0.1, 0.15) is 11.4 Å². The average Bonchev–Trinajstić information content (AvgIpc) is 2.99. The number of fused-ring (bicyclic) bond motifs is 1. The van der Waals surface area contributed by atoms with Gasteiger partial charge >= 0.3 is 0 Å². The minimum Gasteiger partial charge on any atom is -0.484 e. The highest BCUT2D eigenvalue weighted by atomic mass is 16.6. The zero-order valence-corrected chi connectivity index (χ0v) is 14.4. The number of ether oxygens (including phenoxy) is 3. The summed E-state index contributed by atoms with van der Waals surface area (Å²) in [6.07, 6.45) is 4.46. The van der Waals surface area contributed by atoms with E-state index in [9.17, 15) is 5.26 Å². The van der Waals surface area contributed by atoms with Crippen LogP contribution < -0.4 is 9.64 Å². The van der Waals surface area contributed by atoms with Crippen molar-refractivity contribution in [3.05, 3.63) is 42.1 Å². The Labute approximate surface area is 151 Å². The van der Waals surface area contributed by atoms with Gasteiger partial charge in [-0.3, -0.25) is 4.98 Å². The van der Waals surface area contributed by atoms with E-state index in [2.05, 4.69) is 21.0 Å². The molecule has 0 spiro atoms. The number of anilines is 1. The fourth-order valence-electron chi connectivity index (χ4n) is 3.17. The molecule has 8 nitrogen and oxygen atoms in total. The highest BCUT2D eigenvalue weighted by Gasteiger charge is 2.39. The van der Waals surface area contributed by atoms with Gasteiger partial charge in [0.15, 0.2) is 11.5 Å². The summed E-state index contributed by atoms with van der Waals surface area (Å²) in [5.41, 5.74) is 1.26. The molecule has 8 heteroatoms. The summed E-state index contributed by atoms with van der Waals surface area (Å²) in [5, 5.41) is 9.21. The maximum Gasteiger partial charge on any atom is 0.183 e. The summed E-state index contributed by atoms with van der Waals surface area (Å²) in [7, 11) is 0. The van der Waals surface area contributed by atoms with Crippen molar-refractivity contribution in [1.29, 1.82) is 5.26 Å². The van der Waals surface area contributed by atoms with Crippen molar-refractivity contribution in [2.75, 3.05) is 31.2 Å². The second-order valence-electron chi connectivity index (χ2n) is 6.36. The van der Waals surface area contributed by atoms with Crippen molar-refractivity contribution in [3.63, 3.8) is 0 Å². The van der Waals surface area contributed by atoms with Crippen molar-refractivity contribution in [2.24, 2.45) is 0 Å². The minimum absolute atomic E-state index is 0.0895. The molecule has 0 unspecified atom stereocenters. The summed E-state index contributed by atoms with van der Waals surface area (Å²) < 4.78 is 17.9. The van der Waals surface area contributed by atoms with E-state index in [-0.39, 0.29) is 18.3 Å².